The van der Waals surface area contributed by atoms with Gasteiger partial charge in [0.05, 0.1) is 43.2 Å². The van der Waals surface area contributed by atoms with Crippen molar-refractivity contribution < 1.29 is 0 Å². The number of rotatable bonds is 1. The Hall–Kier alpha value is -3.02. The molecular formula is C26H14Cl4N4. The molecule has 1 aromatic carbocycles. The predicted molar refractivity (Wildman–Crippen MR) is 144 cm³/mol. The molecule has 3 aromatic heterocycles. The van der Waals surface area contributed by atoms with Crippen LogP contribution in [0.4, 0.5) is 0 Å². The molecule has 34 heavy (non-hydrogen) atoms. The van der Waals surface area contributed by atoms with Crippen LogP contribution in [0.2, 0.25) is 10.0 Å². The zero-order valence-electron chi connectivity index (χ0n) is 17.4. The van der Waals surface area contributed by atoms with Gasteiger partial charge in [0, 0.05) is 28.4 Å². The maximum absolute atomic E-state index is 6.93. The van der Waals surface area contributed by atoms with Gasteiger partial charge in [-0.3, -0.25) is 0 Å². The van der Waals surface area contributed by atoms with Crippen molar-refractivity contribution in [3.63, 3.8) is 0 Å². The highest BCUT2D eigenvalue weighted by molar-refractivity contribution is 6.54. The van der Waals surface area contributed by atoms with Gasteiger partial charge in [-0.1, -0.05) is 65.1 Å². The standard InChI is InChI=1S/C26H14Cl4N4/c27-20-12-19-11-17-7-6-15(31-17)10-16-8-9-18(32-16)13-21-22(14-4-2-1-3-5-14)23(28)26(34(21)30)24(29)25(20)33-19/h1-13,31H. The van der Waals surface area contributed by atoms with Crippen molar-refractivity contribution in [2.75, 3.05) is 0 Å². The Morgan fingerprint density at radius 3 is 2.15 bits per heavy atom. The topological polar surface area (TPSA) is 46.5 Å². The second-order valence-electron chi connectivity index (χ2n) is 7.86. The second-order valence-corrected chi connectivity index (χ2v) is 9.36. The zero-order valence-corrected chi connectivity index (χ0v) is 20.4. The van der Waals surface area contributed by atoms with Crippen LogP contribution in [0.25, 0.3) is 56.5 Å². The molecule has 2 aliphatic heterocycles. The van der Waals surface area contributed by atoms with E-state index < -0.39 is 0 Å². The Labute approximate surface area is 214 Å². The van der Waals surface area contributed by atoms with Crippen LogP contribution in [0.5, 0.6) is 0 Å². The smallest absolute Gasteiger partial charge is 0.103 e. The first-order valence-corrected chi connectivity index (χ1v) is 11.8. The molecule has 0 radical (unpaired) electrons. The summed E-state index contributed by atoms with van der Waals surface area (Å²) >= 11 is 27.2. The second kappa shape index (κ2) is 8.33. The largest absolute Gasteiger partial charge is 0.355 e. The summed E-state index contributed by atoms with van der Waals surface area (Å²) in [6, 6.07) is 19.5. The monoisotopic (exact) mass is 522 g/mol. The summed E-state index contributed by atoms with van der Waals surface area (Å²) in [5.74, 6) is 0. The lowest BCUT2D eigenvalue weighted by molar-refractivity contribution is 1.30. The lowest BCUT2D eigenvalue weighted by Crippen LogP contribution is -1.85. The van der Waals surface area contributed by atoms with Crippen LogP contribution < -0.4 is 0 Å². The maximum atomic E-state index is 6.93. The average molecular weight is 524 g/mol. The van der Waals surface area contributed by atoms with Crippen molar-refractivity contribution in [3.05, 3.63) is 93.5 Å². The Kier molecular flexibility index (Phi) is 5.27. The number of hydrogen-bond donors (Lipinski definition) is 1. The van der Waals surface area contributed by atoms with E-state index >= 15 is 0 Å². The third-order valence-electron chi connectivity index (χ3n) is 5.62. The molecule has 2 aliphatic rings. The number of halogens is 4. The van der Waals surface area contributed by atoms with Gasteiger partial charge in [0.15, 0.2) is 0 Å². The van der Waals surface area contributed by atoms with E-state index in [0.29, 0.717) is 32.5 Å². The molecule has 5 heterocycles. The van der Waals surface area contributed by atoms with Crippen molar-refractivity contribution in [2.45, 2.75) is 0 Å². The molecule has 0 saturated heterocycles. The highest BCUT2D eigenvalue weighted by Gasteiger charge is 2.22. The van der Waals surface area contributed by atoms with Crippen molar-refractivity contribution in [1.82, 2.24) is 19.0 Å². The van der Waals surface area contributed by atoms with E-state index in [4.69, 9.17) is 51.6 Å². The van der Waals surface area contributed by atoms with Gasteiger partial charge in [-0.2, -0.15) is 0 Å². The van der Waals surface area contributed by atoms with Crippen molar-refractivity contribution in [1.29, 1.82) is 0 Å². The molecule has 0 aliphatic carbocycles. The minimum Gasteiger partial charge on any atom is -0.355 e. The van der Waals surface area contributed by atoms with Crippen molar-refractivity contribution >= 4 is 91.9 Å². The summed E-state index contributed by atoms with van der Waals surface area (Å²) in [6.07, 6.45) is 5.63. The third-order valence-corrected chi connectivity index (χ3v) is 6.98. The van der Waals surface area contributed by atoms with Gasteiger partial charge in [0.25, 0.3) is 0 Å². The van der Waals surface area contributed by atoms with Gasteiger partial charge < -0.3 is 4.98 Å². The molecule has 0 saturated carbocycles. The highest BCUT2D eigenvalue weighted by Crippen LogP contribution is 2.43. The van der Waals surface area contributed by atoms with E-state index in [1.807, 2.05) is 72.8 Å². The lowest BCUT2D eigenvalue weighted by Gasteiger charge is -2.00. The molecule has 0 amide bonds. The first kappa shape index (κ1) is 21.5. The number of H-pyrrole nitrogens is 1. The number of aromatic amines is 1. The first-order valence-electron chi connectivity index (χ1n) is 10.4. The van der Waals surface area contributed by atoms with Gasteiger partial charge >= 0.3 is 0 Å². The van der Waals surface area contributed by atoms with Gasteiger partial charge in [-0.05, 0) is 54.1 Å². The summed E-state index contributed by atoms with van der Waals surface area (Å²) < 4.78 is 1.45. The minimum absolute atomic E-state index is 0.255. The number of benzene rings is 1. The van der Waals surface area contributed by atoms with Gasteiger partial charge in [-0.15, -0.1) is 0 Å². The summed E-state index contributed by atoms with van der Waals surface area (Å²) in [4.78, 5) is 12.7. The Morgan fingerprint density at radius 2 is 1.41 bits per heavy atom. The van der Waals surface area contributed by atoms with Crippen LogP contribution in [0, 0.1) is 0 Å². The molecule has 8 heteroatoms. The molecule has 4 nitrogen and oxygen atoms in total. The Balaban J connectivity index is 1.81. The van der Waals surface area contributed by atoms with E-state index in [9.17, 15) is 0 Å². The molecule has 0 unspecified atom stereocenters. The van der Waals surface area contributed by atoms with Gasteiger partial charge in [0.2, 0.25) is 0 Å². The fourth-order valence-corrected chi connectivity index (χ4v) is 5.53. The molecule has 0 fully saturated rings. The van der Waals surface area contributed by atoms with Crippen LogP contribution in [0.1, 0.15) is 22.8 Å². The lowest BCUT2D eigenvalue weighted by atomic mass is 10.1. The van der Waals surface area contributed by atoms with Crippen LogP contribution in [-0.4, -0.2) is 19.0 Å². The van der Waals surface area contributed by atoms with E-state index in [1.54, 1.807) is 6.08 Å². The molecule has 1 N–H and O–H groups in total. The SMILES string of the molecule is ClC1=Cc2cc3ccc(cc4nc(cc5c(-c6ccccc6)c(Cl)c(c(Cl)c1n2)n5Cl)C=C4)[nH]3. The Morgan fingerprint density at radius 1 is 0.735 bits per heavy atom. The molecule has 166 valence electrons. The van der Waals surface area contributed by atoms with Gasteiger partial charge in [0.1, 0.15) is 5.69 Å². The summed E-state index contributed by atoms with van der Waals surface area (Å²) in [6.45, 7) is 0. The van der Waals surface area contributed by atoms with E-state index in [-0.39, 0.29) is 5.02 Å². The van der Waals surface area contributed by atoms with E-state index in [1.165, 1.54) is 4.09 Å². The summed E-state index contributed by atoms with van der Waals surface area (Å²) in [5.41, 5.74) is 7.11. The van der Waals surface area contributed by atoms with Crippen LogP contribution in [-0.2, 0) is 0 Å². The molecule has 0 spiro atoms. The fraction of sp³-hybridized carbons (Fsp3) is 0. The highest BCUT2D eigenvalue weighted by atomic mass is 35.5. The summed E-state index contributed by atoms with van der Waals surface area (Å²) in [5, 5.41) is 1.06. The first-order chi connectivity index (χ1) is 16.5. The third kappa shape index (κ3) is 3.64. The van der Waals surface area contributed by atoms with Crippen LogP contribution >= 0.6 is 46.6 Å². The van der Waals surface area contributed by atoms with Gasteiger partial charge in [-0.25, -0.2) is 14.1 Å². The van der Waals surface area contributed by atoms with Crippen molar-refractivity contribution in [2.24, 2.45) is 0 Å². The molecular weight excluding hydrogens is 510 g/mol. The molecule has 8 bridgehead atoms. The van der Waals surface area contributed by atoms with Crippen LogP contribution in [0.15, 0.2) is 60.7 Å². The van der Waals surface area contributed by atoms with E-state index in [2.05, 4.69) is 9.97 Å². The average Bonchev–Trinajstić information content (AvgIpc) is 3.58. The fourth-order valence-electron chi connectivity index (χ4n) is 4.09. The maximum Gasteiger partial charge on any atom is 0.103 e. The number of aromatic nitrogens is 4. The minimum atomic E-state index is 0.255. The quantitative estimate of drug-likeness (QED) is 0.239. The molecule has 0 atom stereocenters. The molecule has 4 aromatic rings. The van der Waals surface area contributed by atoms with Crippen LogP contribution in [0.3, 0.4) is 0 Å². The number of nitrogens with one attached hydrogen (secondary N) is 1. The number of fused-ring (bicyclic) bond motifs is 8. The van der Waals surface area contributed by atoms with Crippen molar-refractivity contribution in [3.8, 4) is 11.1 Å². The molecule has 6 rings (SSSR count). The summed E-state index contributed by atoms with van der Waals surface area (Å²) in [7, 11) is 0. The van der Waals surface area contributed by atoms with E-state index in [0.717, 1.165) is 33.5 Å². The number of hydrogen-bond acceptors (Lipinski definition) is 2. The predicted octanol–water partition coefficient (Wildman–Crippen LogP) is 8.67. The zero-order chi connectivity index (χ0) is 23.4. The number of nitrogens with zero attached hydrogens (tertiary/aromatic N) is 3. The Bertz CT molecular complexity index is 1700. The normalized spacial score (nSPS) is 12.8.